The predicted octanol–water partition coefficient (Wildman–Crippen LogP) is 4.96. The number of nitro groups is 1. The summed E-state index contributed by atoms with van der Waals surface area (Å²) in [7, 11) is 0. The molecule has 10 heteroatoms. The molecule has 184 valence electrons. The molecule has 4 rings (SSSR count). The normalized spacial score (nSPS) is 12.9. The Hall–Kier alpha value is -4.31. The van der Waals surface area contributed by atoms with Crippen LogP contribution in [-0.4, -0.2) is 34.9 Å². The van der Waals surface area contributed by atoms with Gasteiger partial charge in [-0.1, -0.05) is 24.3 Å². The number of hydrogen-bond acceptors (Lipinski definition) is 6. The molecule has 36 heavy (non-hydrogen) atoms. The van der Waals surface area contributed by atoms with Crippen LogP contribution in [0.4, 0.5) is 22.7 Å². The highest BCUT2D eigenvalue weighted by molar-refractivity contribution is 7.80. The van der Waals surface area contributed by atoms with E-state index in [4.69, 9.17) is 12.2 Å². The average molecular weight is 504 g/mol. The summed E-state index contributed by atoms with van der Waals surface area (Å²) in [6, 6.07) is 20.2. The number of piperidine rings is 1. The van der Waals surface area contributed by atoms with Crippen LogP contribution in [0.25, 0.3) is 0 Å². The van der Waals surface area contributed by atoms with E-state index in [1.807, 2.05) is 11.0 Å². The Morgan fingerprint density at radius 2 is 1.50 bits per heavy atom. The fourth-order valence-corrected chi connectivity index (χ4v) is 4.23. The molecule has 1 aliphatic rings. The van der Waals surface area contributed by atoms with Crippen molar-refractivity contribution < 1.29 is 14.5 Å². The van der Waals surface area contributed by atoms with Gasteiger partial charge in [0, 0.05) is 41.7 Å². The molecule has 0 atom stereocenters. The van der Waals surface area contributed by atoms with Gasteiger partial charge in [-0.05, 0) is 73.9 Å². The number of carbonyl (C=O) groups is 2. The van der Waals surface area contributed by atoms with Crippen molar-refractivity contribution in [1.82, 2.24) is 5.32 Å². The van der Waals surface area contributed by atoms with E-state index in [0.29, 0.717) is 22.6 Å². The highest BCUT2D eigenvalue weighted by atomic mass is 32.1. The molecule has 1 aliphatic heterocycles. The molecule has 0 spiro atoms. The molecule has 1 heterocycles. The lowest BCUT2D eigenvalue weighted by Crippen LogP contribution is -2.34. The summed E-state index contributed by atoms with van der Waals surface area (Å²) < 4.78 is 0. The maximum atomic E-state index is 12.7. The second-order valence-corrected chi connectivity index (χ2v) is 8.73. The lowest BCUT2D eigenvalue weighted by molar-refractivity contribution is -0.384. The summed E-state index contributed by atoms with van der Waals surface area (Å²) in [5.74, 6) is -0.812. The molecule has 3 aromatic rings. The summed E-state index contributed by atoms with van der Waals surface area (Å²) in [5, 5.41) is 20.0. The summed E-state index contributed by atoms with van der Waals surface area (Å²) in [4.78, 5) is 38.3. The van der Waals surface area contributed by atoms with Gasteiger partial charge in [-0.3, -0.25) is 25.0 Å². The average Bonchev–Trinajstić information content (AvgIpc) is 2.89. The van der Waals surface area contributed by atoms with Gasteiger partial charge in [-0.2, -0.15) is 0 Å². The van der Waals surface area contributed by atoms with Gasteiger partial charge in [-0.15, -0.1) is 0 Å². The molecule has 3 N–H and O–H groups in total. The van der Waals surface area contributed by atoms with Crippen LogP contribution in [0, 0.1) is 10.1 Å². The molecule has 0 radical (unpaired) electrons. The van der Waals surface area contributed by atoms with Crippen LogP contribution in [0.15, 0.2) is 72.8 Å². The minimum Gasteiger partial charge on any atom is -0.366 e. The number of amides is 2. The molecule has 0 bridgehead atoms. The van der Waals surface area contributed by atoms with Crippen molar-refractivity contribution in [1.29, 1.82) is 0 Å². The maximum Gasteiger partial charge on any atom is 0.293 e. The van der Waals surface area contributed by atoms with E-state index in [2.05, 4.69) is 16.0 Å². The molecule has 1 fully saturated rings. The molecule has 0 aromatic heterocycles. The molecular weight excluding hydrogens is 478 g/mol. The van der Waals surface area contributed by atoms with Gasteiger partial charge in [0.1, 0.15) is 5.69 Å². The first-order valence-corrected chi connectivity index (χ1v) is 11.9. The van der Waals surface area contributed by atoms with E-state index in [0.717, 1.165) is 32.4 Å². The second kappa shape index (κ2) is 11.4. The third-order valence-electron chi connectivity index (χ3n) is 5.77. The Labute approximate surface area is 213 Å². The largest absolute Gasteiger partial charge is 0.366 e. The number of nitrogens with zero attached hydrogens (tertiary/aromatic N) is 2. The van der Waals surface area contributed by atoms with E-state index < -0.39 is 10.8 Å². The maximum absolute atomic E-state index is 12.7. The van der Waals surface area contributed by atoms with E-state index in [1.54, 1.807) is 60.7 Å². The number of carbonyl (C=O) groups excluding carboxylic acids is 2. The quantitative estimate of drug-likeness (QED) is 0.247. The number of nitrogens with one attached hydrogen (secondary N) is 3. The second-order valence-electron chi connectivity index (χ2n) is 8.32. The molecule has 1 saturated heterocycles. The topological polar surface area (TPSA) is 117 Å². The molecule has 3 aromatic carbocycles. The van der Waals surface area contributed by atoms with Crippen LogP contribution in [0.5, 0.6) is 0 Å². The van der Waals surface area contributed by atoms with Crippen molar-refractivity contribution in [3.05, 3.63) is 94.0 Å². The molecule has 2 amide bonds. The van der Waals surface area contributed by atoms with Crippen molar-refractivity contribution in [3.8, 4) is 0 Å². The SMILES string of the molecule is O=C(NC(=S)Nc1cccc(NC(=O)c2ccccc2)c1)c1ccc(N2CCCCC2)c([N+](=O)[O-])c1. The van der Waals surface area contributed by atoms with E-state index in [-0.39, 0.29) is 22.3 Å². The lowest BCUT2D eigenvalue weighted by atomic mass is 10.1. The van der Waals surface area contributed by atoms with Gasteiger partial charge >= 0.3 is 0 Å². The third kappa shape index (κ3) is 6.22. The van der Waals surface area contributed by atoms with Crippen LogP contribution in [0.3, 0.4) is 0 Å². The first-order valence-electron chi connectivity index (χ1n) is 11.5. The molecule has 9 nitrogen and oxygen atoms in total. The summed E-state index contributed by atoms with van der Waals surface area (Å²) >= 11 is 5.26. The van der Waals surface area contributed by atoms with Crippen LogP contribution in [-0.2, 0) is 0 Å². The monoisotopic (exact) mass is 503 g/mol. The van der Waals surface area contributed by atoms with Crippen LogP contribution in [0.1, 0.15) is 40.0 Å². The summed E-state index contributed by atoms with van der Waals surface area (Å²) in [6.45, 7) is 1.51. The fraction of sp³-hybridized carbons (Fsp3) is 0.192. The van der Waals surface area contributed by atoms with Gasteiger partial charge in [-0.25, -0.2) is 0 Å². The fourth-order valence-electron chi connectivity index (χ4n) is 4.02. The molecule has 0 aliphatic carbocycles. The lowest BCUT2D eigenvalue weighted by Gasteiger charge is -2.28. The number of anilines is 3. The van der Waals surface area contributed by atoms with Gasteiger partial charge < -0.3 is 15.5 Å². The number of nitro benzene ring substituents is 1. The van der Waals surface area contributed by atoms with Crippen molar-refractivity contribution in [2.45, 2.75) is 19.3 Å². The number of benzene rings is 3. The highest BCUT2D eigenvalue weighted by Gasteiger charge is 2.23. The van der Waals surface area contributed by atoms with E-state index in [1.165, 1.54) is 6.07 Å². The van der Waals surface area contributed by atoms with Crippen molar-refractivity contribution >= 4 is 51.9 Å². The predicted molar refractivity (Wildman–Crippen MR) is 144 cm³/mol. The van der Waals surface area contributed by atoms with Crippen LogP contribution < -0.4 is 20.9 Å². The first-order chi connectivity index (χ1) is 17.4. The Kier molecular flexibility index (Phi) is 7.86. The minimum absolute atomic E-state index is 0.0225. The van der Waals surface area contributed by atoms with E-state index in [9.17, 15) is 19.7 Å². The standard InChI is InChI=1S/C26H25N5O4S/c32-24(18-8-3-1-4-9-18)27-20-10-7-11-21(17-20)28-26(36)29-25(33)19-12-13-22(23(16-19)31(34)35)30-14-5-2-6-15-30/h1,3-4,7-13,16-17H,2,5-6,14-15H2,(H,27,32)(H2,28,29,33,36). The zero-order chi connectivity index (χ0) is 25.5. The Bertz CT molecular complexity index is 1290. The molecule has 0 unspecified atom stereocenters. The highest BCUT2D eigenvalue weighted by Crippen LogP contribution is 2.31. The zero-order valence-corrected chi connectivity index (χ0v) is 20.2. The Morgan fingerprint density at radius 1 is 0.806 bits per heavy atom. The summed E-state index contributed by atoms with van der Waals surface area (Å²) in [5.41, 5.74) is 2.18. The molecular formula is C26H25N5O4S. The van der Waals surface area contributed by atoms with Crippen LogP contribution in [0.2, 0.25) is 0 Å². The van der Waals surface area contributed by atoms with Crippen molar-refractivity contribution in [2.75, 3.05) is 28.6 Å². The van der Waals surface area contributed by atoms with Gasteiger partial charge in [0.25, 0.3) is 17.5 Å². The summed E-state index contributed by atoms with van der Waals surface area (Å²) in [6.07, 6.45) is 3.07. The van der Waals surface area contributed by atoms with Crippen molar-refractivity contribution in [3.63, 3.8) is 0 Å². The van der Waals surface area contributed by atoms with Crippen LogP contribution >= 0.6 is 12.2 Å². The zero-order valence-electron chi connectivity index (χ0n) is 19.4. The van der Waals surface area contributed by atoms with E-state index >= 15 is 0 Å². The van der Waals surface area contributed by atoms with Gasteiger partial charge in [0.05, 0.1) is 4.92 Å². The number of rotatable bonds is 6. The number of thiocarbonyl (C=S) groups is 1. The van der Waals surface area contributed by atoms with Gasteiger partial charge in [0.15, 0.2) is 5.11 Å². The smallest absolute Gasteiger partial charge is 0.293 e. The minimum atomic E-state index is -0.561. The number of hydrogen-bond donors (Lipinski definition) is 3. The Balaban J connectivity index is 1.40. The first kappa shape index (κ1) is 24.8. The van der Waals surface area contributed by atoms with Crippen molar-refractivity contribution in [2.24, 2.45) is 0 Å². The molecule has 0 saturated carbocycles. The third-order valence-corrected chi connectivity index (χ3v) is 5.98. The van der Waals surface area contributed by atoms with Gasteiger partial charge in [0.2, 0.25) is 0 Å². The Morgan fingerprint density at radius 3 is 2.19 bits per heavy atom.